The Kier molecular flexibility index (Phi) is 5.38. The van der Waals surface area contributed by atoms with Gasteiger partial charge < -0.3 is 4.74 Å². The van der Waals surface area contributed by atoms with Crippen molar-refractivity contribution in [2.24, 2.45) is 0 Å². The van der Waals surface area contributed by atoms with Gasteiger partial charge in [0.25, 0.3) is 0 Å². The number of ketones is 1. The van der Waals surface area contributed by atoms with Crippen molar-refractivity contribution in [3.8, 4) is 17.0 Å². The molecule has 0 aliphatic heterocycles. The zero-order valence-corrected chi connectivity index (χ0v) is 15.9. The van der Waals surface area contributed by atoms with E-state index >= 15 is 0 Å². The molecule has 0 unspecified atom stereocenters. The molecule has 142 valence electrons. The molecule has 0 amide bonds. The lowest BCUT2D eigenvalue weighted by Crippen LogP contribution is -2.07. The molecule has 0 atom stereocenters. The maximum atomic E-state index is 13.3. The molecular formula is C24H19N3O2. The van der Waals surface area contributed by atoms with E-state index in [9.17, 15) is 4.79 Å². The Bertz CT molecular complexity index is 1170. The summed E-state index contributed by atoms with van der Waals surface area (Å²) in [4.78, 5) is 25.9. The van der Waals surface area contributed by atoms with Crippen LogP contribution in [0.5, 0.6) is 5.88 Å². The Balaban J connectivity index is 1.94. The minimum atomic E-state index is -0.186. The van der Waals surface area contributed by atoms with Crippen LogP contribution in [0.25, 0.3) is 28.1 Å². The highest BCUT2D eigenvalue weighted by atomic mass is 16.5. The summed E-state index contributed by atoms with van der Waals surface area (Å²) in [6, 6.07) is 17.6. The van der Waals surface area contributed by atoms with Gasteiger partial charge in [-0.25, -0.2) is 15.0 Å². The summed E-state index contributed by atoms with van der Waals surface area (Å²) in [5, 5.41) is 0.905. The van der Waals surface area contributed by atoms with Gasteiger partial charge in [0, 0.05) is 28.9 Å². The largest absolute Gasteiger partial charge is 0.477 e. The lowest BCUT2D eigenvalue weighted by atomic mass is 9.93. The third-order valence-corrected chi connectivity index (χ3v) is 4.46. The number of hydrogen-bond donors (Lipinski definition) is 0. The third-order valence-electron chi connectivity index (χ3n) is 4.46. The Hall–Kier alpha value is -3.86. The molecule has 0 bridgehead atoms. The fourth-order valence-corrected chi connectivity index (χ4v) is 3.22. The lowest BCUT2D eigenvalue weighted by Gasteiger charge is -2.15. The standard InChI is InChI=1S/C24H19N3O2/c1-2-29-24-23(21(28)13-12-17-14-25-16-26-15-17)22(18-8-4-3-5-9-18)19-10-6-7-11-20(19)27-24/h3-16H,2H2,1H3/b13-12+. The fourth-order valence-electron chi connectivity index (χ4n) is 3.22. The van der Waals surface area contributed by atoms with Crippen LogP contribution in [0.1, 0.15) is 22.8 Å². The van der Waals surface area contributed by atoms with Crippen molar-refractivity contribution in [1.29, 1.82) is 0 Å². The van der Waals surface area contributed by atoms with Crippen molar-refractivity contribution >= 4 is 22.8 Å². The summed E-state index contributed by atoms with van der Waals surface area (Å²) in [6.07, 6.45) is 7.96. The van der Waals surface area contributed by atoms with E-state index in [1.165, 1.54) is 12.4 Å². The van der Waals surface area contributed by atoms with Crippen molar-refractivity contribution in [3.05, 3.63) is 90.5 Å². The van der Waals surface area contributed by atoms with Gasteiger partial charge in [-0.15, -0.1) is 0 Å². The average molecular weight is 381 g/mol. The zero-order chi connectivity index (χ0) is 20.1. The molecule has 2 aromatic heterocycles. The van der Waals surface area contributed by atoms with E-state index in [-0.39, 0.29) is 5.78 Å². The SMILES string of the molecule is CCOc1nc2ccccc2c(-c2ccccc2)c1C(=O)/C=C/c1cncnc1. The van der Waals surface area contributed by atoms with Crippen molar-refractivity contribution < 1.29 is 9.53 Å². The van der Waals surface area contributed by atoms with E-state index in [1.807, 2.05) is 61.5 Å². The maximum absolute atomic E-state index is 13.3. The number of carbonyl (C=O) groups excluding carboxylic acids is 1. The van der Waals surface area contributed by atoms with E-state index in [0.717, 1.165) is 27.6 Å². The van der Waals surface area contributed by atoms with Crippen LogP contribution < -0.4 is 4.74 Å². The molecular weight excluding hydrogens is 362 g/mol. The van der Waals surface area contributed by atoms with Crippen LogP contribution in [-0.4, -0.2) is 27.3 Å². The maximum Gasteiger partial charge on any atom is 0.225 e. The van der Waals surface area contributed by atoms with E-state index in [4.69, 9.17) is 4.74 Å². The van der Waals surface area contributed by atoms with Gasteiger partial charge in [0.05, 0.1) is 17.7 Å². The lowest BCUT2D eigenvalue weighted by molar-refractivity contribution is 0.104. The zero-order valence-electron chi connectivity index (χ0n) is 15.9. The predicted octanol–water partition coefficient (Wildman–Crippen LogP) is 4.99. The molecule has 2 aromatic carbocycles. The van der Waals surface area contributed by atoms with Gasteiger partial charge in [-0.05, 0) is 30.7 Å². The van der Waals surface area contributed by atoms with Gasteiger partial charge in [0.2, 0.25) is 5.88 Å². The van der Waals surface area contributed by atoms with E-state index in [2.05, 4.69) is 15.0 Å². The highest BCUT2D eigenvalue weighted by Crippen LogP contribution is 2.36. The van der Waals surface area contributed by atoms with Crippen LogP contribution in [0.3, 0.4) is 0 Å². The van der Waals surface area contributed by atoms with Crippen LogP contribution >= 0.6 is 0 Å². The van der Waals surface area contributed by atoms with Gasteiger partial charge in [0.15, 0.2) is 5.78 Å². The summed E-state index contributed by atoms with van der Waals surface area (Å²) in [6.45, 7) is 2.29. The molecule has 5 nitrogen and oxygen atoms in total. The molecule has 0 aliphatic rings. The third kappa shape index (κ3) is 3.89. The number of allylic oxidation sites excluding steroid dienone is 1. The van der Waals surface area contributed by atoms with Crippen LogP contribution in [-0.2, 0) is 0 Å². The molecule has 0 radical (unpaired) electrons. The molecule has 0 aliphatic carbocycles. The number of nitrogens with zero attached hydrogens (tertiary/aromatic N) is 3. The smallest absolute Gasteiger partial charge is 0.225 e. The molecule has 4 rings (SSSR count). The van der Waals surface area contributed by atoms with Gasteiger partial charge >= 0.3 is 0 Å². The first kappa shape index (κ1) is 18.5. The van der Waals surface area contributed by atoms with Crippen LogP contribution in [0.4, 0.5) is 0 Å². The quantitative estimate of drug-likeness (QED) is 0.348. The van der Waals surface area contributed by atoms with Gasteiger partial charge in [-0.1, -0.05) is 48.5 Å². The predicted molar refractivity (Wildman–Crippen MR) is 114 cm³/mol. The van der Waals surface area contributed by atoms with Gasteiger partial charge in [-0.2, -0.15) is 0 Å². The second-order valence-electron chi connectivity index (χ2n) is 6.35. The first-order valence-electron chi connectivity index (χ1n) is 9.36. The Morgan fingerprint density at radius 3 is 2.48 bits per heavy atom. The summed E-state index contributed by atoms with van der Waals surface area (Å²) >= 11 is 0. The summed E-state index contributed by atoms with van der Waals surface area (Å²) in [5.74, 6) is 0.151. The van der Waals surface area contributed by atoms with Gasteiger partial charge in [0.1, 0.15) is 6.33 Å². The minimum absolute atomic E-state index is 0.186. The summed E-state index contributed by atoms with van der Waals surface area (Å²) in [7, 11) is 0. The molecule has 0 fully saturated rings. The topological polar surface area (TPSA) is 65.0 Å². The minimum Gasteiger partial charge on any atom is -0.477 e. The summed E-state index contributed by atoms with van der Waals surface area (Å²) in [5.41, 5.74) is 3.73. The van der Waals surface area contributed by atoms with E-state index < -0.39 is 0 Å². The Morgan fingerprint density at radius 2 is 1.72 bits per heavy atom. The number of ether oxygens (including phenoxy) is 1. The number of hydrogen-bond acceptors (Lipinski definition) is 5. The normalized spacial score (nSPS) is 11.1. The second kappa shape index (κ2) is 8.44. The van der Waals surface area contributed by atoms with Crippen LogP contribution in [0, 0.1) is 0 Å². The molecule has 5 heteroatoms. The van der Waals surface area contributed by atoms with Crippen molar-refractivity contribution in [2.45, 2.75) is 6.92 Å². The monoisotopic (exact) mass is 381 g/mol. The van der Waals surface area contributed by atoms with Crippen LogP contribution in [0.2, 0.25) is 0 Å². The number of rotatable bonds is 6. The molecule has 0 N–H and O–H groups in total. The highest BCUT2D eigenvalue weighted by Gasteiger charge is 2.22. The van der Waals surface area contributed by atoms with E-state index in [1.54, 1.807) is 18.5 Å². The summed E-state index contributed by atoms with van der Waals surface area (Å²) < 4.78 is 5.79. The molecule has 0 saturated heterocycles. The van der Waals surface area contributed by atoms with Crippen molar-refractivity contribution in [1.82, 2.24) is 15.0 Å². The molecule has 0 spiro atoms. The van der Waals surface area contributed by atoms with Crippen molar-refractivity contribution in [2.75, 3.05) is 6.61 Å². The van der Waals surface area contributed by atoms with Crippen molar-refractivity contribution in [3.63, 3.8) is 0 Å². The fraction of sp³-hybridized carbons (Fsp3) is 0.0833. The second-order valence-corrected chi connectivity index (χ2v) is 6.35. The highest BCUT2D eigenvalue weighted by molar-refractivity contribution is 6.16. The van der Waals surface area contributed by atoms with Crippen LogP contribution in [0.15, 0.2) is 79.4 Å². The number of pyridine rings is 1. The number of benzene rings is 2. The number of carbonyl (C=O) groups is 1. The number of para-hydroxylation sites is 1. The van der Waals surface area contributed by atoms with Gasteiger partial charge in [-0.3, -0.25) is 4.79 Å². The average Bonchev–Trinajstić information content (AvgIpc) is 2.78. The van der Waals surface area contributed by atoms with E-state index in [0.29, 0.717) is 18.1 Å². The molecule has 0 saturated carbocycles. The first-order valence-corrected chi connectivity index (χ1v) is 9.36. The molecule has 4 aromatic rings. The molecule has 2 heterocycles. The Labute approximate surface area is 168 Å². The first-order chi connectivity index (χ1) is 14.3. The number of fused-ring (bicyclic) bond motifs is 1. The Morgan fingerprint density at radius 1 is 1.00 bits per heavy atom. The number of aromatic nitrogens is 3. The molecule has 29 heavy (non-hydrogen) atoms.